The molecule has 0 unspecified atom stereocenters. The first-order valence-electron chi connectivity index (χ1n) is 4.63. The van der Waals surface area contributed by atoms with Crippen LogP contribution in [0.25, 0.3) is 0 Å². The number of rotatable bonds is 4. The van der Waals surface area contributed by atoms with Crippen LogP contribution in [-0.2, 0) is 0 Å². The normalized spacial score (nSPS) is 10.2. The summed E-state index contributed by atoms with van der Waals surface area (Å²) in [6, 6.07) is 5.00. The van der Waals surface area contributed by atoms with Crippen molar-refractivity contribution in [2.75, 3.05) is 0 Å². The van der Waals surface area contributed by atoms with E-state index < -0.39 is 0 Å². The van der Waals surface area contributed by atoms with Crippen LogP contribution in [0.1, 0.15) is 36.5 Å². The molecular weight excluding hydrogens is 219 g/mol. The van der Waals surface area contributed by atoms with Crippen LogP contribution in [0.3, 0.4) is 0 Å². The highest BCUT2D eigenvalue weighted by Crippen LogP contribution is 2.23. The van der Waals surface area contributed by atoms with Crippen LogP contribution in [-0.4, -0.2) is 5.78 Å². The number of hydrogen-bond acceptors (Lipinski definition) is 1. The van der Waals surface area contributed by atoms with Crippen LogP contribution in [0.5, 0.6) is 0 Å². The van der Waals surface area contributed by atoms with E-state index in [0.717, 1.165) is 12.8 Å². The van der Waals surface area contributed by atoms with Crippen molar-refractivity contribution < 1.29 is 4.79 Å². The van der Waals surface area contributed by atoms with Crippen molar-refractivity contribution in [3.63, 3.8) is 0 Å². The molecule has 0 atom stereocenters. The van der Waals surface area contributed by atoms with E-state index in [4.69, 9.17) is 23.2 Å². The van der Waals surface area contributed by atoms with E-state index >= 15 is 0 Å². The SMILES string of the molecule is CCCCC(=O)c1ccc(Cl)c(Cl)c1. The van der Waals surface area contributed by atoms with Gasteiger partial charge in [0, 0.05) is 12.0 Å². The molecule has 76 valence electrons. The summed E-state index contributed by atoms with van der Waals surface area (Å²) in [7, 11) is 0. The number of halogens is 2. The third-order valence-electron chi connectivity index (χ3n) is 2.00. The molecule has 0 aliphatic carbocycles. The van der Waals surface area contributed by atoms with E-state index in [1.165, 1.54) is 0 Å². The number of unbranched alkanes of at least 4 members (excludes halogenated alkanes) is 1. The van der Waals surface area contributed by atoms with Crippen molar-refractivity contribution in [3.05, 3.63) is 33.8 Å². The molecule has 0 aliphatic rings. The van der Waals surface area contributed by atoms with Crippen LogP contribution in [0.2, 0.25) is 10.0 Å². The zero-order chi connectivity index (χ0) is 10.6. The lowest BCUT2D eigenvalue weighted by atomic mass is 10.1. The molecule has 0 saturated heterocycles. The summed E-state index contributed by atoms with van der Waals surface area (Å²) < 4.78 is 0. The highest BCUT2D eigenvalue weighted by molar-refractivity contribution is 6.42. The Morgan fingerprint density at radius 2 is 2.00 bits per heavy atom. The minimum Gasteiger partial charge on any atom is -0.294 e. The average molecular weight is 231 g/mol. The largest absolute Gasteiger partial charge is 0.294 e. The molecule has 0 spiro atoms. The molecular formula is C11H12Cl2O. The lowest BCUT2D eigenvalue weighted by Crippen LogP contribution is -1.98. The molecule has 0 amide bonds. The second-order valence-corrected chi connectivity index (χ2v) is 3.97. The number of carbonyl (C=O) groups is 1. The van der Waals surface area contributed by atoms with Gasteiger partial charge in [0.05, 0.1) is 10.0 Å². The van der Waals surface area contributed by atoms with Gasteiger partial charge in [-0.05, 0) is 24.6 Å². The van der Waals surface area contributed by atoms with Gasteiger partial charge in [-0.25, -0.2) is 0 Å². The van der Waals surface area contributed by atoms with E-state index in [9.17, 15) is 4.79 Å². The topological polar surface area (TPSA) is 17.1 Å². The Bertz CT molecular complexity index is 334. The molecule has 1 aromatic carbocycles. The highest BCUT2D eigenvalue weighted by Gasteiger charge is 2.06. The lowest BCUT2D eigenvalue weighted by Gasteiger charge is -2.01. The molecule has 14 heavy (non-hydrogen) atoms. The summed E-state index contributed by atoms with van der Waals surface area (Å²) in [5.74, 6) is 0.130. The predicted molar refractivity (Wildman–Crippen MR) is 60.3 cm³/mol. The van der Waals surface area contributed by atoms with Crippen LogP contribution in [0, 0.1) is 0 Å². The second-order valence-electron chi connectivity index (χ2n) is 3.16. The molecule has 0 bridgehead atoms. The van der Waals surface area contributed by atoms with Crippen LogP contribution < -0.4 is 0 Å². The zero-order valence-electron chi connectivity index (χ0n) is 8.02. The second kappa shape index (κ2) is 5.38. The third-order valence-corrected chi connectivity index (χ3v) is 2.74. The Kier molecular flexibility index (Phi) is 4.43. The molecule has 1 aromatic rings. The Balaban J connectivity index is 2.76. The Morgan fingerprint density at radius 3 is 2.57 bits per heavy atom. The van der Waals surface area contributed by atoms with E-state index in [2.05, 4.69) is 6.92 Å². The molecule has 0 aliphatic heterocycles. The predicted octanol–water partition coefficient (Wildman–Crippen LogP) is 4.37. The van der Waals surface area contributed by atoms with Gasteiger partial charge in [0.25, 0.3) is 0 Å². The molecule has 0 N–H and O–H groups in total. The zero-order valence-corrected chi connectivity index (χ0v) is 9.53. The van der Waals surface area contributed by atoms with E-state index in [-0.39, 0.29) is 5.78 Å². The lowest BCUT2D eigenvalue weighted by molar-refractivity contribution is 0.0980. The highest BCUT2D eigenvalue weighted by atomic mass is 35.5. The quantitative estimate of drug-likeness (QED) is 0.703. The van der Waals surface area contributed by atoms with Gasteiger partial charge in [-0.3, -0.25) is 4.79 Å². The maximum atomic E-state index is 11.6. The number of carbonyl (C=O) groups excluding carboxylic acids is 1. The van der Waals surface area contributed by atoms with Crippen molar-refractivity contribution in [2.45, 2.75) is 26.2 Å². The van der Waals surface area contributed by atoms with Gasteiger partial charge in [-0.1, -0.05) is 36.5 Å². The van der Waals surface area contributed by atoms with Crippen LogP contribution >= 0.6 is 23.2 Å². The number of benzene rings is 1. The van der Waals surface area contributed by atoms with Gasteiger partial charge in [0.15, 0.2) is 5.78 Å². The average Bonchev–Trinajstić information content (AvgIpc) is 2.18. The smallest absolute Gasteiger partial charge is 0.162 e. The monoisotopic (exact) mass is 230 g/mol. The summed E-state index contributed by atoms with van der Waals surface area (Å²) in [6.45, 7) is 2.06. The summed E-state index contributed by atoms with van der Waals surface area (Å²) in [6.07, 6.45) is 2.51. The fraction of sp³-hybridized carbons (Fsp3) is 0.364. The van der Waals surface area contributed by atoms with Crippen molar-refractivity contribution in [3.8, 4) is 0 Å². The third kappa shape index (κ3) is 3.00. The fourth-order valence-electron chi connectivity index (χ4n) is 1.15. The van der Waals surface area contributed by atoms with Crippen LogP contribution in [0.4, 0.5) is 0 Å². The Hall–Kier alpha value is -0.530. The first-order chi connectivity index (χ1) is 6.65. The van der Waals surface area contributed by atoms with Gasteiger partial charge >= 0.3 is 0 Å². The molecule has 3 heteroatoms. The Labute approximate surface area is 94.0 Å². The molecule has 0 heterocycles. The van der Waals surface area contributed by atoms with Crippen LogP contribution in [0.15, 0.2) is 18.2 Å². The summed E-state index contributed by atoms with van der Waals surface area (Å²) in [5, 5.41) is 0.924. The fourth-order valence-corrected chi connectivity index (χ4v) is 1.45. The standard InChI is InChI=1S/C11H12Cl2O/c1-2-3-4-11(14)8-5-6-9(12)10(13)7-8/h5-7H,2-4H2,1H3. The molecule has 0 fully saturated rings. The molecule has 0 saturated carbocycles. The van der Waals surface area contributed by atoms with Crippen molar-refractivity contribution in [1.82, 2.24) is 0 Å². The van der Waals surface area contributed by atoms with Crippen molar-refractivity contribution >= 4 is 29.0 Å². The maximum Gasteiger partial charge on any atom is 0.162 e. The van der Waals surface area contributed by atoms with E-state index in [1.807, 2.05) is 0 Å². The summed E-state index contributed by atoms with van der Waals surface area (Å²) >= 11 is 11.6. The minimum absolute atomic E-state index is 0.130. The van der Waals surface area contributed by atoms with Gasteiger partial charge < -0.3 is 0 Å². The number of Topliss-reactive ketones (excluding diaryl/α,β-unsaturated/α-hetero) is 1. The number of ketones is 1. The van der Waals surface area contributed by atoms with Crippen molar-refractivity contribution in [1.29, 1.82) is 0 Å². The molecule has 1 nitrogen and oxygen atoms in total. The first-order valence-corrected chi connectivity index (χ1v) is 5.39. The van der Waals surface area contributed by atoms with Gasteiger partial charge in [0.2, 0.25) is 0 Å². The number of hydrogen-bond donors (Lipinski definition) is 0. The van der Waals surface area contributed by atoms with E-state index in [0.29, 0.717) is 22.0 Å². The minimum atomic E-state index is 0.130. The maximum absolute atomic E-state index is 11.6. The van der Waals surface area contributed by atoms with Gasteiger partial charge in [0.1, 0.15) is 0 Å². The van der Waals surface area contributed by atoms with E-state index in [1.54, 1.807) is 18.2 Å². The summed E-state index contributed by atoms with van der Waals surface area (Å²) in [5.41, 5.74) is 0.646. The van der Waals surface area contributed by atoms with Gasteiger partial charge in [-0.15, -0.1) is 0 Å². The first kappa shape index (κ1) is 11.5. The molecule has 0 aromatic heterocycles. The van der Waals surface area contributed by atoms with Gasteiger partial charge in [-0.2, -0.15) is 0 Å². The van der Waals surface area contributed by atoms with Crippen molar-refractivity contribution in [2.24, 2.45) is 0 Å². The molecule has 1 rings (SSSR count). The Morgan fingerprint density at radius 1 is 1.29 bits per heavy atom. The molecule has 0 radical (unpaired) electrons. The summed E-state index contributed by atoms with van der Waals surface area (Å²) in [4.78, 5) is 11.6.